The van der Waals surface area contributed by atoms with Crippen LogP contribution in [0.15, 0.2) is 24.3 Å². The molecule has 0 spiro atoms. The zero-order valence-electron chi connectivity index (χ0n) is 12.7. The Balaban J connectivity index is 2.37. The van der Waals surface area contributed by atoms with Crippen LogP contribution < -0.4 is 10.6 Å². The van der Waals surface area contributed by atoms with E-state index in [2.05, 4.69) is 10.6 Å². The zero-order valence-corrected chi connectivity index (χ0v) is 12.7. The van der Waals surface area contributed by atoms with Gasteiger partial charge in [-0.15, -0.1) is 0 Å². The Morgan fingerprint density at radius 1 is 1.09 bits per heavy atom. The first-order chi connectivity index (χ1) is 10.5. The summed E-state index contributed by atoms with van der Waals surface area (Å²) in [6.45, 7) is 2.77. The molecule has 6 heteroatoms. The van der Waals surface area contributed by atoms with Gasteiger partial charge in [-0.3, -0.25) is 14.4 Å². The molecule has 22 heavy (non-hydrogen) atoms. The van der Waals surface area contributed by atoms with Gasteiger partial charge >= 0.3 is 5.97 Å². The molecule has 2 amide bonds. The van der Waals surface area contributed by atoms with Gasteiger partial charge in [0.05, 0.1) is 0 Å². The van der Waals surface area contributed by atoms with Crippen molar-refractivity contribution in [2.24, 2.45) is 0 Å². The summed E-state index contributed by atoms with van der Waals surface area (Å²) < 4.78 is 0. The van der Waals surface area contributed by atoms with Crippen molar-refractivity contribution in [2.75, 3.05) is 6.54 Å². The first-order valence-electron chi connectivity index (χ1n) is 7.38. The lowest BCUT2D eigenvalue weighted by atomic mass is 10.1. The Labute approximate surface area is 129 Å². The number of rotatable bonds is 9. The number of carbonyl (C=O) groups is 3. The molecule has 1 rings (SSSR count). The van der Waals surface area contributed by atoms with E-state index in [0.29, 0.717) is 37.9 Å². The molecule has 3 N–H and O–H groups in total. The molecular weight excluding hydrogens is 284 g/mol. The van der Waals surface area contributed by atoms with Crippen LogP contribution in [0.5, 0.6) is 0 Å². The van der Waals surface area contributed by atoms with E-state index in [9.17, 15) is 14.4 Å². The summed E-state index contributed by atoms with van der Waals surface area (Å²) >= 11 is 0. The monoisotopic (exact) mass is 306 g/mol. The SMILES string of the molecule is CCNC(=O)c1cccc(CNC(=O)CCCCC(=O)O)c1. The Morgan fingerprint density at radius 2 is 1.82 bits per heavy atom. The molecule has 0 fully saturated rings. The van der Waals surface area contributed by atoms with Crippen molar-refractivity contribution in [1.82, 2.24) is 10.6 Å². The molecule has 0 heterocycles. The molecule has 0 bridgehead atoms. The average Bonchev–Trinajstić information content (AvgIpc) is 2.50. The van der Waals surface area contributed by atoms with Crippen molar-refractivity contribution in [3.63, 3.8) is 0 Å². The van der Waals surface area contributed by atoms with Gasteiger partial charge in [0.2, 0.25) is 5.91 Å². The molecule has 0 saturated carbocycles. The highest BCUT2D eigenvalue weighted by atomic mass is 16.4. The van der Waals surface area contributed by atoms with E-state index in [1.807, 2.05) is 13.0 Å². The largest absolute Gasteiger partial charge is 0.481 e. The maximum Gasteiger partial charge on any atom is 0.303 e. The lowest BCUT2D eigenvalue weighted by Gasteiger charge is -2.07. The maximum absolute atomic E-state index is 11.7. The first kappa shape index (κ1) is 17.7. The number of carboxylic acids is 1. The van der Waals surface area contributed by atoms with Gasteiger partial charge in [0.25, 0.3) is 5.91 Å². The molecule has 6 nitrogen and oxygen atoms in total. The second-order valence-corrected chi connectivity index (χ2v) is 4.94. The fraction of sp³-hybridized carbons (Fsp3) is 0.438. The van der Waals surface area contributed by atoms with Crippen LogP contribution in [0.1, 0.15) is 48.5 Å². The van der Waals surface area contributed by atoms with Gasteiger partial charge in [0.1, 0.15) is 0 Å². The summed E-state index contributed by atoms with van der Waals surface area (Å²) in [6, 6.07) is 7.09. The van der Waals surface area contributed by atoms with Crippen molar-refractivity contribution in [2.45, 2.75) is 39.2 Å². The number of hydrogen-bond acceptors (Lipinski definition) is 3. The first-order valence-corrected chi connectivity index (χ1v) is 7.38. The normalized spacial score (nSPS) is 10.0. The van der Waals surface area contributed by atoms with Crippen molar-refractivity contribution in [3.05, 3.63) is 35.4 Å². The van der Waals surface area contributed by atoms with E-state index < -0.39 is 5.97 Å². The highest BCUT2D eigenvalue weighted by Gasteiger charge is 2.06. The number of hydrogen-bond donors (Lipinski definition) is 3. The molecule has 1 aromatic rings. The van der Waals surface area contributed by atoms with Crippen molar-refractivity contribution in [1.29, 1.82) is 0 Å². The van der Waals surface area contributed by atoms with Gasteiger partial charge in [-0.1, -0.05) is 12.1 Å². The zero-order chi connectivity index (χ0) is 16.4. The van der Waals surface area contributed by atoms with Gasteiger partial charge in [-0.05, 0) is 37.5 Å². The van der Waals surface area contributed by atoms with Crippen LogP contribution in [0.4, 0.5) is 0 Å². The van der Waals surface area contributed by atoms with E-state index in [-0.39, 0.29) is 18.2 Å². The van der Waals surface area contributed by atoms with Crippen LogP contribution in [0.2, 0.25) is 0 Å². The van der Waals surface area contributed by atoms with Gasteiger partial charge in [-0.25, -0.2) is 0 Å². The van der Waals surface area contributed by atoms with Crippen molar-refractivity contribution >= 4 is 17.8 Å². The molecule has 0 unspecified atom stereocenters. The van der Waals surface area contributed by atoms with Crippen LogP contribution in [0, 0.1) is 0 Å². The summed E-state index contributed by atoms with van der Waals surface area (Å²) in [4.78, 5) is 33.7. The van der Waals surface area contributed by atoms with Gasteiger partial charge in [-0.2, -0.15) is 0 Å². The Bertz CT molecular complexity index is 529. The number of carbonyl (C=O) groups excluding carboxylic acids is 2. The van der Waals surface area contributed by atoms with Crippen molar-refractivity contribution < 1.29 is 19.5 Å². The highest BCUT2D eigenvalue weighted by Crippen LogP contribution is 2.06. The fourth-order valence-corrected chi connectivity index (χ4v) is 1.94. The highest BCUT2D eigenvalue weighted by molar-refractivity contribution is 5.94. The van der Waals surface area contributed by atoms with Crippen LogP contribution in [-0.4, -0.2) is 29.4 Å². The number of amides is 2. The molecule has 0 aliphatic carbocycles. The smallest absolute Gasteiger partial charge is 0.303 e. The summed E-state index contributed by atoms with van der Waals surface area (Å²) in [6.07, 6.45) is 1.44. The minimum absolute atomic E-state index is 0.0852. The minimum atomic E-state index is -0.845. The van der Waals surface area contributed by atoms with Gasteiger partial charge in [0.15, 0.2) is 0 Å². The maximum atomic E-state index is 11.7. The predicted molar refractivity (Wildman–Crippen MR) is 82.4 cm³/mol. The molecule has 120 valence electrons. The Morgan fingerprint density at radius 3 is 2.50 bits per heavy atom. The van der Waals surface area contributed by atoms with E-state index in [0.717, 1.165) is 5.56 Å². The van der Waals surface area contributed by atoms with Gasteiger partial charge < -0.3 is 15.7 Å². The van der Waals surface area contributed by atoms with Crippen LogP contribution in [0.3, 0.4) is 0 Å². The molecule has 0 saturated heterocycles. The summed E-state index contributed by atoms with van der Waals surface area (Å²) in [7, 11) is 0. The van der Waals surface area contributed by atoms with E-state index in [1.165, 1.54) is 0 Å². The molecule has 0 aromatic heterocycles. The third-order valence-electron chi connectivity index (χ3n) is 3.06. The Kier molecular flexibility index (Phi) is 7.67. The molecule has 0 aliphatic heterocycles. The number of carboxylic acid groups (broad SMARTS) is 1. The molecular formula is C16H22N2O4. The number of unbranched alkanes of at least 4 members (excludes halogenated alkanes) is 1. The molecule has 0 aliphatic rings. The summed E-state index contributed by atoms with van der Waals surface area (Å²) in [5.74, 6) is -1.10. The molecule has 1 aromatic carbocycles. The lowest BCUT2D eigenvalue weighted by Crippen LogP contribution is -2.24. The number of benzene rings is 1. The second kappa shape index (κ2) is 9.55. The molecule has 0 atom stereocenters. The van der Waals surface area contributed by atoms with Crippen molar-refractivity contribution in [3.8, 4) is 0 Å². The third kappa shape index (κ3) is 6.88. The summed E-state index contributed by atoms with van der Waals surface area (Å²) in [5.41, 5.74) is 1.41. The van der Waals surface area contributed by atoms with Crippen LogP contribution >= 0.6 is 0 Å². The summed E-state index contributed by atoms with van der Waals surface area (Å²) in [5, 5.41) is 14.0. The number of aliphatic carboxylic acids is 1. The van der Waals surface area contributed by atoms with Crippen LogP contribution in [0.25, 0.3) is 0 Å². The van der Waals surface area contributed by atoms with E-state index in [4.69, 9.17) is 5.11 Å². The predicted octanol–water partition coefficient (Wildman–Crippen LogP) is 1.70. The van der Waals surface area contributed by atoms with Crippen LogP contribution in [-0.2, 0) is 16.1 Å². The molecule has 0 radical (unpaired) electrons. The average molecular weight is 306 g/mol. The standard InChI is InChI=1S/C16H22N2O4/c1-2-17-16(22)13-7-5-6-12(10-13)11-18-14(19)8-3-4-9-15(20)21/h5-7,10H,2-4,8-9,11H2,1H3,(H,17,22)(H,18,19)(H,20,21). The Hall–Kier alpha value is -2.37. The fourth-order valence-electron chi connectivity index (χ4n) is 1.94. The second-order valence-electron chi connectivity index (χ2n) is 4.94. The van der Waals surface area contributed by atoms with E-state index >= 15 is 0 Å². The number of nitrogens with one attached hydrogen (secondary N) is 2. The van der Waals surface area contributed by atoms with E-state index in [1.54, 1.807) is 18.2 Å². The topological polar surface area (TPSA) is 95.5 Å². The minimum Gasteiger partial charge on any atom is -0.481 e. The van der Waals surface area contributed by atoms with Gasteiger partial charge in [0, 0.05) is 31.5 Å². The lowest BCUT2D eigenvalue weighted by molar-refractivity contribution is -0.137. The third-order valence-corrected chi connectivity index (χ3v) is 3.06. The quantitative estimate of drug-likeness (QED) is 0.605.